The number of nitrogens with zero attached hydrogens (tertiary/aromatic N) is 3. The summed E-state index contributed by atoms with van der Waals surface area (Å²) in [6, 6.07) is 9.51. The highest BCUT2D eigenvalue weighted by Crippen LogP contribution is 2.19. The Morgan fingerprint density at radius 3 is 2.70 bits per heavy atom. The Bertz CT molecular complexity index is 787. The lowest BCUT2D eigenvalue weighted by Gasteiger charge is -2.09. The van der Waals surface area contributed by atoms with E-state index in [4.69, 9.17) is 5.73 Å². The van der Waals surface area contributed by atoms with Crippen molar-refractivity contribution in [3.05, 3.63) is 53.3 Å². The van der Waals surface area contributed by atoms with E-state index < -0.39 is 5.91 Å². The van der Waals surface area contributed by atoms with Gasteiger partial charge in [0.25, 0.3) is 0 Å². The van der Waals surface area contributed by atoms with Crippen molar-refractivity contribution < 1.29 is 4.79 Å². The van der Waals surface area contributed by atoms with Crippen molar-refractivity contribution in [2.24, 2.45) is 5.73 Å². The first-order valence-corrected chi connectivity index (χ1v) is 6.29. The van der Waals surface area contributed by atoms with Gasteiger partial charge in [0, 0.05) is 28.4 Å². The summed E-state index contributed by atoms with van der Waals surface area (Å²) in [5.41, 5.74) is 8.24. The molecule has 20 heavy (non-hydrogen) atoms. The molecule has 2 heterocycles. The summed E-state index contributed by atoms with van der Waals surface area (Å²) in [6.07, 6.45) is 1.90. The highest BCUT2D eigenvalue weighted by molar-refractivity contribution is 5.95. The Morgan fingerprint density at radius 1 is 1.25 bits per heavy atom. The van der Waals surface area contributed by atoms with E-state index >= 15 is 0 Å². The van der Waals surface area contributed by atoms with Gasteiger partial charge in [-0.15, -0.1) is 0 Å². The number of rotatable bonds is 2. The van der Waals surface area contributed by atoms with Gasteiger partial charge >= 0.3 is 0 Å². The van der Waals surface area contributed by atoms with Crippen LogP contribution in [0.25, 0.3) is 16.7 Å². The molecule has 5 nitrogen and oxygen atoms in total. The van der Waals surface area contributed by atoms with Gasteiger partial charge in [0.15, 0.2) is 5.82 Å². The molecule has 0 saturated carbocycles. The second kappa shape index (κ2) is 4.45. The summed E-state index contributed by atoms with van der Waals surface area (Å²) >= 11 is 0. The molecule has 0 aliphatic rings. The topological polar surface area (TPSA) is 73.8 Å². The number of hydrogen-bond donors (Lipinski definition) is 1. The van der Waals surface area contributed by atoms with Gasteiger partial charge in [-0.05, 0) is 26.0 Å². The molecule has 0 spiro atoms. The monoisotopic (exact) mass is 266 g/mol. The molecule has 2 N–H and O–H groups in total. The third kappa shape index (κ3) is 1.93. The number of aryl methyl sites for hydroxylation is 1. The van der Waals surface area contributed by atoms with E-state index in [1.54, 1.807) is 10.7 Å². The number of fused-ring (bicyclic) bond motifs is 1. The van der Waals surface area contributed by atoms with E-state index in [2.05, 4.69) is 10.1 Å². The lowest BCUT2D eigenvalue weighted by molar-refractivity contribution is 0.0999. The molecule has 5 heteroatoms. The summed E-state index contributed by atoms with van der Waals surface area (Å²) in [7, 11) is 0. The van der Waals surface area contributed by atoms with Crippen LogP contribution in [0.2, 0.25) is 0 Å². The van der Waals surface area contributed by atoms with Crippen LogP contribution < -0.4 is 5.73 Å². The predicted molar refractivity (Wildman–Crippen MR) is 76.9 cm³/mol. The SMILES string of the molecule is Cc1cc(C(N)=O)c(C)c(-n2cc3ccccc3n2)n1. The highest BCUT2D eigenvalue weighted by atomic mass is 16.1. The Labute approximate surface area is 116 Å². The lowest BCUT2D eigenvalue weighted by atomic mass is 10.1. The average molecular weight is 266 g/mol. The zero-order chi connectivity index (χ0) is 14.3. The summed E-state index contributed by atoms with van der Waals surface area (Å²) in [4.78, 5) is 16.0. The van der Waals surface area contributed by atoms with Crippen LogP contribution in [0, 0.1) is 13.8 Å². The molecule has 2 aromatic heterocycles. The van der Waals surface area contributed by atoms with Crippen molar-refractivity contribution >= 4 is 16.8 Å². The van der Waals surface area contributed by atoms with Crippen molar-refractivity contribution in [2.75, 3.05) is 0 Å². The third-order valence-corrected chi connectivity index (χ3v) is 3.27. The number of carbonyl (C=O) groups excluding carboxylic acids is 1. The molecule has 0 saturated heterocycles. The largest absolute Gasteiger partial charge is 0.366 e. The molecule has 0 aliphatic heterocycles. The van der Waals surface area contributed by atoms with E-state index in [1.807, 2.05) is 44.3 Å². The second-order valence-corrected chi connectivity index (χ2v) is 4.76. The average Bonchev–Trinajstić information content (AvgIpc) is 2.84. The van der Waals surface area contributed by atoms with Crippen molar-refractivity contribution in [1.29, 1.82) is 0 Å². The van der Waals surface area contributed by atoms with Gasteiger partial charge in [0.2, 0.25) is 5.91 Å². The number of pyridine rings is 1. The summed E-state index contributed by atoms with van der Waals surface area (Å²) < 4.78 is 1.69. The van der Waals surface area contributed by atoms with E-state index in [0.29, 0.717) is 11.4 Å². The normalized spacial score (nSPS) is 10.9. The van der Waals surface area contributed by atoms with Crippen LogP contribution in [0.5, 0.6) is 0 Å². The van der Waals surface area contributed by atoms with Crippen LogP contribution >= 0.6 is 0 Å². The number of primary amides is 1. The lowest BCUT2D eigenvalue weighted by Crippen LogP contribution is -2.16. The predicted octanol–water partition coefficient (Wildman–Crippen LogP) is 2.14. The maximum absolute atomic E-state index is 11.5. The second-order valence-electron chi connectivity index (χ2n) is 4.76. The van der Waals surface area contributed by atoms with Crippen LogP contribution in [0.4, 0.5) is 0 Å². The zero-order valence-electron chi connectivity index (χ0n) is 11.3. The number of aromatic nitrogens is 3. The summed E-state index contributed by atoms with van der Waals surface area (Å²) in [5, 5.41) is 5.51. The van der Waals surface area contributed by atoms with Crippen LogP contribution in [-0.2, 0) is 0 Å². The number of benzene rings is 1. The zero-order valence-corrected chi connectivity index (χ0v) is 11.3. The third-order valence-electron chi connectivity index (χ3n) is 3.27. The van der Waals surface area contributed by atoms with Crippen molar-refractivity contribution in [2.45, 2.75) is 13.8 Å². The molecular formula is C15H14N4O. The Morgan fingerprint density at radius 2 is 2.00 bits per heavy atom. The quantitative estimate of drug-likeness (QED) is 0.772. The number of amides is 1. The van der Waals surface area contributed by atoms with Gasteiger partial charge < -0.3 is 5.73 Å². The van der Waals surface area contributed by atoms with Gasteiger partial charge in [-0.2, -0.15) is 5.10 Å². The standard InChI is InChI=1S/C15H14N4O/c1-9-7-12(14(16)20)10(2)15(17-9)19-8-11-5-3-4-6-13(11)18-19/h3-8H,1-2H3,(H2,16,20). The van der Waals surface area contributed by atoms with Crippen LogP contribution in [0.1, 0.15) is 21.6 Å². The highest BCUT2D eigenvalue weighted by Gasteiger charge is 2.14. The first kappa shape index (κ1) is 12.3. The Balaban J connectivity index is 2.25. The molecule has 0 aliphatic carbocycles. The first-order chi connectivity index (χ1) is 9.56. The molecule has 0 atom stereocenters. The first-order valence-electron chi connectivity index (χ1n) is 6.29. The summed E-state index contributed by atoms with van der Waals surface area (Å²) in [6.45, 7) is 3.66. The molecule has 0 radical (unpaired) electrons. The minimum absolute atomic E-state index is 0.453. The molecular weight excluding hydrogens is 252 g/mol. The Hall–Kier alpha value is -2.69. The molecule has 0 fully saturated rings. The fourth-order valence-electron chi connectivity index (χ4n) is 2.27. The van der Waals surface area contributed by atoms with E-state index in [9.17, 15) is 4.79 Å². The van der Waals surface area contributed by atoms with E-state index in [0.717, 1.165) is 22.2 Å². The van der Waals surface area contributed by atoms with Gasteiger partial charge in [-0.1, -0.05) is 18.2 Å². The van der Waals surface area contributed by atoms with Gasteiger partial charge in [-0.25, -0.2) is 9.67 Å². The molecule has 0 bridgehead atoms. The van der Waals surface area contributed by atoms with Crippen molar-refractivity contribution in [3.8, 4) is 5.82 Å². The van der Waals surface area contributed by atoms with E-state index in [-0.39, 0.29) is 0 Å². The number of hydrogen-bond acceptors (Lipinski definition) is 3. The smallest absolute Gasteiger partial charge is 0.249 e. The van der Waals surface area contributed by atoms with Crippen LogP contribution in [0.15, 0.2) is 36.5 Å². The van der Waals surface area contributed by atoms with E-state index in [1.165, 1.54) is 0 Å². The molecule has 100 valence electrons. The van der Waals surface area contributed by atoms with Gasteiger partial charge in [-0.3, -0.25) is 4.79 Å². The minimum atomic E-state index is -0.453. The number of carbonyl (C=O) groups is 1. The fraction of sp³-hybridized carbons (Fsp3) is 0.133. The molecule has 0 unspecified atom stereocenters. The maximum Gasteiger partial charge on any atom is 0.249 e. The van der Waals surface area contributed by atoms with Crippen molar-refractivity contribution in [3.63, 3.8) is 0 Å². The Kier molecular flexibility index (Phi) is 2.75. The van der Waals surface area contributed by atoms with Gasteiger partial charge in [0.05, 0.1) is 5.52 Å². The summed E-state index contributed by atoms with van der Waals surface area (Å²) in [5.74, 6) is 0.181. The maximum atomic E-state index is 11.5. The molecule has 3 aromatic rings. The van der Waals surface area contributed by atoms with Crippen LogP contribution in [-0.4, -0.2) is 20.7 Å². The minimum Gasteiger partial charge on any atom is -0.366 e. The number of nitrogens with two attached hydrogens (primary N) is 1. The molecule has 1 amide bonds. The van der Waals surface area contributed by atoms with Crippen LogP contribution in [0.3, 0.4) is 0 Å². The van der Waals surface area contributed by atoms with Gasteiger partial charge in [0.1, 0.15) is 0 Å². The van der Waals surface area contributed by atoms with Crippen molar-refractivity contribution in [1.82, 2.24) is 14.8 Å². The fourth-order valence-corrected chi connectivity index (χ4v) is 2.27. The molecule has 3 rings (SSSR count). The molecule has 1 aromatic carbocycles.